The molecule has 0 unspecified atom stereocenters. The van der Waals surface area contributed by atoms with E-state index in [1.807, 2.05) is 0 Å². The first-order valence-corrected chi connectivity index (χ1v) is 7.05. The molecule has 0 heterocycles. The van der Waals surface area contributed by atoms with Crippen LogP contribution in [0.4, 0.5) is 5.69 Å². The number of nitrogens with two attached hydrogens (primary N) is 2. The average molecular weight is 301 g/mol. The van der Waals surface area contributed by atoms with Crippen molar-refractivity contribution in [3.05, 3.63) is 23.8 Å². The molecule has 8 nitrogen and oxygen atoms in total. The predicted molar refractivity (Wildman–Crippen MR) is 71.4 cm³/mol. The topological polar surface area (TPSA) is 144 Å². The van der Waals surface area contributed by atoms with Crippen molar-refractivity contribution in [3.8, 4) is 0 Å². The predicted octanol–water partition coefficient (Wildman–Crippen LogP) is -0.537. The summed E-state index contributed by atoms with van der Waals surface area (Å²) in [6.07, 6.45) is 0. The summed E-state index contributed by atoms with van der Waals surface area (Å²) < 4.78 is 25.4. The van der Waals surface area contributed by atoms with Gasteiger partial charge in [-0.05, 0) is 18.2 Å². The van der Waals surface area contributed by atoms with Gasteiger partial charge in [-0.2, -0.15) is 4.31 Å². The number of carboxylic acid groups (broad SMARTS) is 1. The van der Waals surface area contributed by atoms with Gasteiger partial charge in [0.25, 0.3) is 0 Å². The minimum atomic E-state index is -4.00. The number of carboxylic acids is 1. The van der Waals surface area contributed by atoms with E-state index in [9.17, 15) is 18.0 Å². The Balaban J connectivity index is 3.27. The number of sulfonamides is 1. The number of carbonyl (C=O) groups excluding carboxylic acids is 1. The van der Waals surface area contributed by atoms with Crippen molar-refractivity contribution in [2.45, 2.75) is 11.8 Å². The van der Waals surface area contributed by atoms with E-state index in [2.05, 4.69) is 0 Å². The summed E-state index contributed by atoms with van der Waals surface area (Å²) in [6.45, 7) is 1.10. The second-order valence-corrected chi connectivity index (χ2v) is 5.86. The first kappa shape index (κ1) is 15.9. The fourth-order valence-electron chi connectivity index (χ4n) is 1.60. The van der Waals surface area contributed by atoms with Crippen LogP contribution in [0.15, 0.2) is 23.1 Å². The maximum absolute atomic E-state index is 12.3. The van der Waals surface area contributed by atoms with Gasteiger partial charge in [-0.3, -0.25) is 4.79 Å². The summed E-state index contributed by atoms with van der Waals surface area (Å²) in [7, 11) is -4.00. The average Bonchev–Trinajstić information content (AvgIpc) is 2.34. The maximum Gasteiger partial charge on any atom is 0.335 e. The first-order valence-electron chi connectivity index (χ1n) is 5.61. The van der Waals surface area contributed by atoms with Gasteiger partial charge in [0, 0.05) is 6.54 Å². The third kappa shape index (κ3) is 3.25. The highest BCUT2D eigenvalue weighted by molar-refractivity contribution is 7.89. The van der Waals surface area contributed by atoms with Crippen LogP contribution in [-0.2, 0) is 14.8 Å². The van der Waals surface area contributed by atoms with Crippen molar-refractivity contribution >= 4 is 27.6 Å². The number of nitrogens with zero attached hydrogens (tertiary/aromatic N) is 1. The second-order valence-electron chi connectivity index (χ2n) is 3.96. The summed E-state index contributed by atoms with van der Waals surface area (Å²) in [6, 6.07) is 3.27. The van der Waals surface area contributed by atoms with Gasteiger partial charge < -0.3 is 16.6 Å². The number of hydrogen-bond donors (Lipinski definition) is 3. The summed E-state index contributed by atoms with van der Waals surface area (Å²) in [5.41, 5.74) is 10.2. The van der Waals surface area contributed by atoms with Gasteiger partial charge in [0.1, 0.15) is 4.90 Å². The number of rotatable bonds is 6. The number of amides is 1. The van der Waals surface area contributed by atoms with E-state index in [-0.39, 0.29) is 22.7 Å². The molecule has 110 valence electrons. The van der Waals surface area contributed by atoms with Crippen LogP contribution >= 0.6 is 0 Å². The summed E-state index contributed by atoms with van der Waals surface area (Å²) in [5, 5.41) is 8.80. The van der Waals surface area contributed by atoms with Crippen LogP contribution in [0.5, 0.6) is 0 Å². The molecule has 0 aromatic heterocycles. The lowest BCUT2D eigenvalue weighted by Crippen LogP contribution is -2.38. The summed E-state index contributed by atoms with van der Waals surface area (Å²) in [5.74, 6) is -2.01. The van der Waals surface area contributed by atoms with Gasteiger partial charge in [-0.15, -0.1) is 0 Å². The van der Waals surface area contributed by atoms with E-state index in [1.165, 1.54) is 0 Å². The van der Waals surface area contributed by atoms with Crippen molar-refractivity contribution in [1.82, 2.24) is 4.31 Å². The van der Waals surface area contributed by atoms with Gasteiger partial charge in [0.05, 0.1) is 17.8 Å². The van der Waals surface area contributed by atoms with Crippen LogP contribution in [-0.4, -0.2) is 42.8 Å². The highest BCUT2D eigenvalue weighted by Crippen LogP contribution is 2.23. The Bertz CT molecular complexity index is 641. The molecule has 0 fully saturated rings. The summed E-state index contributed by atoms with van der Waals surface area (Å²) in [4.78, 5) is 21.4. The minimum absolute atomic E-state index is 0.0331. The van der Waals surface area contributed by atoms with Crippen LogP contribution in [0.25, 0.3) is 0 Å². The van der Waals surface area contributed by atoms with E-state index in [0.29, 0.717) is 0 Å². The molecule has 1 rings (SSSR count). The normalized spacial score (nSPS) is 11.5. The van der Waals surface area contributed by atoms with E-state index in [0.717, 1.165) is 22.5 Å². The van der Waals surface area contributed by atoms with E-state index >= 15 is 0 Å². The molecule has 0 bridgehead atoms. The zero-order chi connectivity index (χ0) is 15.5. The van der Waals surface area contributed by atoms with Gasteiger partial charge >= 0.3 is 5.97 Å². The molecule has 0 atom stereocenters. The van der Waals surface area contributed by atoms with E-state index in [1.54, 1.807) is 6.92 Å². The molecule has 0 saturated carbocycles. The Morgan fingerprint density at radius 1 is 1.35 bits per heavy atom. The molecule has 0 aliphatic heterocycles. The number of carbonyl (C=O) groups is 2. The molecule has 0 aliphatic carbocycles. The zero-order valence-corrected chi connectivity index (χ0v) is 11.6. The largest absolute Gasteiger partial charge is 0.478 e. The second kappa shape index (κ2) is 5.88. The molecule has 20 heavy (non-hydrogen) atoms. The van der Waals surface area contributed by atoms with Gasteiger partial charge in [-0.25, -0.2) is 13.2 Å². The molecule has 1 aromatic rings. The number of anilines is 1. The standard InChI is InChI=1S/C11H15N3O5S/c1-2-14(6-10(13)15)20(18,19)9-4-3-7(11(16)17)5-8(9)12/h3-5H,2,6,12H2,1H3,(H2,13,15)(H,16,17). The van der Waals surface area contributed by atoms with Crippen molar-refractivity contribution in [1.29, 1.82) is 0 Å². The van der Waals surface area contributed by atoms with Crippen LogP contribution in [0.2, 0.25) is 0 Å². The quantitative estimate of drug-likeness (QED) is 0.602. The van der Waals surface area contributed by atoms with E-state index < -0.39 is 28.4 Å². The van der Waals surface area contributed by atoms with Crippen molar-refractivity contribution in [2.24, 2.45) is 5.73 Å². The molecule has 0 saturated heterocycles. The van der Waals surface area contributed by atoms with Gasteiger partial charge in [0.15, 0.2) is 0 Å². The number of primary amides is 1. The smallest absolute Gasteiger partial charge is 0.335 e. The number of nitrogen functional groups attached to an aromatic ring is 1. The van der Waals surface area contributed by atoms with Gasteiger partial charge in [-0.1, -0.05) is 6.92 Å². The summed E-state index contributed by atoms with van der Waals surface area (Å²) >= 11 is 0. The molecule has 5 N–H and O–H groups in total. The number of aromatic carboxylic acids is 1. The minimum Gasteiger partial charge on any atom is -0.478 e. The highest BCUT2D eigenvalue weighted by Gasteiger charge is 2.27. The third-order valence-corrected chi connectivity index (χ3v) is 4.55. The lowest BCUT2D eigenvalue weighted by Gasteiger charge is -2.19. The third-order valence-electron chi connectivity index (χ3n) is 2.56. The fourth-order valence-corrected chi connectivity index (χ4v) is 3.11. The number of likely N-dealkylation sites (N-methyl/N-ethyl adjacent to an activating group) is 1. The monoisotopic (exact) mass is 301 g/mol. The number of benzene rings is 1. The Labute approximate surface area is 116 Å². The lowest BCUT2D eigenvalue weighted by molar-refractivity contribution is -0.118. The van der Waals surface area contributed by atoms with Crippen LogP contribution < -0.4 is 11.5 Å². The highest BCUT2D eigenvalue weighted by atomic mass is 32.2. The molecule has 1 amide bonds. The first-order chi connectivity index (χ1) is 9.20. The molecule has 0 spiro atoms. The SMILES string of the molecule is CCN(CC(N)=O)S(=O)(=O)c1ccc(C(=O)O)cc1N. The van der Waals surface area contributed by atoms with Crippen molar-refractivity contribution < 1.29 is 23.1 Å². The lowest BCUT2D eigenvalue weighted by atomic mass is 10.2. The van der Waals surface area contributed by atoms with Crippen LogP contribution in [0.1, 0.15) is 17.3 Å². The van der Waals surface area contributed by atoms with Gasteiger partial charge in [0.2, 0.25) is 15.9 Å². The van der Waals surface area contributed by atoms with Crippen molar-refractivity contribution in [3.63, 3.8) is 0 Å². The Morgan fingerprint density at radius 3 is 2.35 bits per heavy atom. The molecule has 1 aromatic carbocycles. The van der Waals surface area contributed by atoms with E-state index in [4.69, 9.17) is 16.6 Å². The molecular formula is C11H15N3O5S. The fraction of sp³-hybridized carbons (Fsp3) is 0.273. The zero-order valence-electron chi connectivity index (χ0n) is 10.7. The molecular weight excluding hydrogens is 286 g/mol. The Hall–Kier alpha value is -2.13. The Morgan fingerprint density at radius 2 is 1.95 bits per heavy atom. The van der Waals surface area contributed by atoms with Crippen LogP contribution in [0, 0.1) is 0 Å². The molecule has 9 heteroatoms. The van der Waals surface area contributed by atoms with Crippen LogP contribution in [0.3, 0.4) is 0 Å². The Kier molecular flexibility index (Phi) is 4.69. The molecule has 0 aliphatic rings. The van der Waals surface area contributed by atoms with Crippen molar-refractivity contribution in [2.75, 3.05) is 18.8 Å². The maximum atomic E-state index is 12.3. The molecule has 0 radical (unpaired) electrons. The number of hydrogen-bond acceptors (Lipinski definition) is 5.